The molecule has 0 spiro atoms. The Kier molecular flexibility index (Phi) is 3.62. The summed E-state index contributed by atoms with van der Waals surface area (Å²) in [7, 11) is -9.95. The van der Waals surface area contributed by atoms with E-state index >= 15 is 0 Å². The van der Waals surface area contributed by atoms with E-state index in [0.29, 0.717) is 0 Å². The van der Waals surface area contributed by atoms with Crippen LogP contribution in [0.15, 0.2) is 5.51 Å². The standard InChI is InChI=1S/C3H7N3O6P2S/c7-13(8,9)3(14(10,11)12)5-2-6-4-1-15-2/h1,3H,(H,5,6)(H2,7,8,9)(H2,10,11,12). The van der Waals surface area contributed by atoms with E-state index in [0.717, 1.165) is 11.3 Å². The molecule has 0 saturated carbocycles. The molecule has 1 heterocycles. The lowest BCUT2D eigenvalue weighted by molar-refractivity contribution is 0.343. The number of aromatic nitrogens is 2. The monoisotopic (exact) mass is 275 g/mol. The van der Waals surface area contributed by atoms with Crippen LogP contribution in [0, 0.1) is 0 Å². The smallest absolute Gasteiger partial charge is 0.336 e. The van der Waals surface area contributed by atoms with Gasteiger partial charge in [0.15, 0.2) is 0 Å². The van der Waals surface area contributed by atoms with Crippen LogP contribution in [0.5, 0.6) is 0 Å². The second-order valence-electron chi connectivity index (χ2n) is 2.44. The van der Waals surface area contributed by atoms with Gasteiger partial charge in [0.2, 0.25) is 10.7 Å². The summed E-state index contributed by atoms with van der Waals surface area (Å²) < 4.78 is 21.6. The summed E-state index contributed by atoms with van der Waals surface area (Å²) >= 11 is 0.863. The number of anilines is 1. The summed E-state index contributed by atoms with van der Waals surface area (Å²) in [5.41, 5.74) is -1.04. The molecule has 0 aliphatic rings. The highest BCUT2D eigenvalue weighted by Gasteiger charge is 2.44. The lowest BCUT2D eigenvalue weighted by Gasteiger charge is -2.19. The second-order valence-corrected chi connectivity index (χ2v) is 7.07. The molecule has 0 aliphatic carbocycles. The van der Waals surface area contributed by atoms with E-state index in [2.05, 4.69) is 10.2 Å². The summed E-state index contributed by atoms with van der Waals surface area (Å²) in [6, 6.07) is 0. The molecule has 1 aromatic rings. The van der Waals surface area contributed by atoms with Gasteiger partial charge >= 0.3 is 15.2 Å². The number of hydrogen-bond acceptors (Lipinski definition) is 6. The summed E-state index contributed by atoms with van der Waals surface area (Å²) in [6.45, 7) is 0. The van der Waals surface area contributed by atoms with Crippen molar-refractivity contribution >= 4 is 31.7 Å². The first-order valence-corrected chi connectivity index (χ1v) is 7.58. The average Bonchev–Trinajstić information content (AvgIpc) is 2.46. The predicted octanol–water partition coefficient (Wildman–Crippen LogP) is -0.411. The van der Waals surface area contributed by atoms with Crippen LogP contribution in [0.4, 0.5) is 5.13 Å². The fraction of sp³-hybridized carbons (Fsp3) is 0.333. The normalized spacial score (nSPS) is 13.1. The fourth-order valence-electron chi connectivity index (χ4n) is 0.711. The Bertz CT molecular complexity index is 387. The second kappa shape index (κ2) is 4.26. The van der Waals surface area contributed by atoms with Crippen molar-refractivity contribution in [3.05, 3.63) is 5.51 Å². The van der Waals surface area contributed by atoms with Gasteiger partial charge in [-0.2, -0.15) is 0 Å². The maximum absolute atomic E-state index is 10.8. The zero-order chi connectivity index (χ0) is 11.7. The lowest BCUT2D eigenvalue weighted by Crippen LogP contribution is -2.19. The van der Waals surface area contributed by atoms with Crippen molar-refractivity contribution < 1.29 is 28.7 Å². The Balaban J connectivity index is 2.95. The van der Waals surface area contributed by atoms with Gasteiger partial charge in [0.05, 0.1) is 0 Å². The van der Waals surface area contributed by atoms with Crippen LogP contribution >= 0.6 is 26.5 Å². The van der Waals surface area contributed by atoms with Gasteiger partial charge in [-0.3, -0.25) is 9.13 Å². The minimum absolute atomic E-state index is 0.0772. The van der Waals surface area contributed by atoms with Crippen molar-refractivity contribution in [3.63, 3.8) is 0 Å². The van der Waals surface area contributed by atoms with Crippen LogP contribution in [-0.2, 0) is 9.13 Å². The Morgan fingerprint density at radius 2 is 1.80 bits per heavy atom. The SMILES string of the molecule is O=P(O)(O)C(Nc1nncs1)P(=O)(O)O. The van der Waals surface area contributed by atoms with Gasteiger partial charge in [0, 0.05) is 0 Å². The molecule has 0 saturated heterocycles. The fourth-order valence-corrected chi connectivity index (χ4v) is 3.51. The van der Waals surface area contributed by atoms with E-state index < -0.39 is 20.7 Å². The zero-order valence-corrected chi connectivity index (χ0v) is 9.56. The third-order valence-corrected chi connectivity index (χ3v) is 5.21. The van der Waals surface area contributed by atoms with Gasteiger partial charge in [0.25, 0.3) is 0 Å². The molecule has 0 aromatic carbocycles. The van der Waals surface area contributed by atoms with Gasteiger partial charge in [-0.05, 0) is 0 Å². The molecule has 0 unspecified atom stereocenters. The van der Waals surface area contributed by atoms with Crippen molar-refractivity contribution in [2.75, 3.05) is 5.32 Å². The van der Waals surface area contributed by atoms with Crippen molar-refractivity contribution in [1.29, 1.82) is 0 Å². The first-order chi connectivity index (χ1) is 6.71. The number of nitrogens with one attached hydrogen (secondary N) is 1. The van der Waals surface area contributed by atoms with Gasteiger partial charge in [-0.1, -0.05) is 11.3 Å². The highest BCUT2D eigenvalue weighted by atomic mass is 32.1. The Labute approximate surface area is 87.5 Å². The molecular formula is C3H7N3O6P2S. The lowest BCUT2D eigenvalue weighted by atomic mass is 11.1. The number of nitrogens with zero attached hydrogens (tertiary/aromatic N) is 2. The summed E-state index contributed by atoms with van der Waals surface area (Å²) in [4.78, 5) is 34.9. The predicted molar refractivity (Wildman–Crippen MR) is 51.4 cm³/mol. The summed E-state index contributed by atoms with van der Waals surface area (Å²) in [5.74, 6) is 0. The molecule has 86 valence electrons. The first-order valence-electron chi connectivity index (χ1n) is 3.34. The van der Waals surface area contributed by atoms with Crippen LogP contribution in [0.25, 0.3) is 0 Å². The minimum atomic E-state index is -4.97. The molecule has 0 amide bonds. The molecular weight excluding hydrogens is 268 g/mol. The van der Waals surface area contributed by atoms with E-state index in [4.69, 9.17) is 19.6 Å². The number of rotatable bonds is 4. The molecule has 12 heteroatoms. The molecule has 0 radical (unpaired) electrons. The van der Waals surface area contributed by atoms with Crippen molar-refractivity contribution in [2.45, 2.75) is 5.52 Å². The molecule has 1 rings (SSSR count). The van der Waals surface area contributed by atoms with E-state index in [9.17, 15) is 9.13 Å². The van der Waals surface area contributed by atoms with Crippen LogP contribution < -0.4 is 5.32 Å². The van der Waals surface area contributed by atoms with E-state index in [1.54, 1.807) is 0 Å². The minimum Gasteiger partial charge on any atom is -0.336 e. The molecule has 0 aliphatic heterocycles. The van der Waals surface area contributed by atoms with Crippen LogP contribution in [0.1, 0.15) is 0 Å². The molecule has 0 fully saturated rings. The maximum atomic E-state index is 10.8. The van der Waals surface area contributed by atoms with Crippen LogP contribution in [0.3, 0.4) is 0 Å². The molecule has 1 aromatic heterocycles. The maximum Gasteiger partial charge on any atom is 0.360 e. The van der Waals surface area contributed by atoms with Crippen LogP contribution in [0.2, 0.25) is 0 Å². The molecule has 0 bridgehead atoms. The van der Waals surface area contributed by atoms with E-state index in [1.807, 2.05) is 5.32 Å². The zero-order valence-electron chi connectivity index (χ0n) is 6.96. The molecule has 0 atom stereocenters. The Morgan fingerprint density at radius 1 is 1.27 bits per heavy atom. The Morgan fingerprint density at radius 3 is 2.13 bits per heavy atom. The quantitative estimate of drug-likeness (QED) is 0.461. The van der Waals surface area contributed by atoms with Crippen LogP contribution in [-0.4, -0.2) is 35.3 Å². The highest BCUT2D eigenvalue weighted by Crippen LogP contribution is 2.59. The number of hydrogen-bond donors (Lipinski definition) is 5. The molecule has 15 heavy (non-hydrogen) atoms. The van der Waals surface area contributed by atoms with Crippen molar-refractivity contribution in [2.24, 2.45) is 0 Å². The summed E-state index contributed by atoms with van der Waals surface area (Å²) in [5, 5.41) is 8.57. The van der Waals surface area contributed by atoms with Gasteiger partial charge in [-0.25, -0.2) is 0 Å². The summed E-state index contributed by atoms with van der Waals surface area (Å²) in [6.07, 6.45) is 0. The first kappa shape index (κ1) is 12.7. The largest absolute Gasteiger partial charge is 0.360 e. The van der Waals surface area contributed by atoms with Gasteiger partial charge in [-0.15, -0.1) is 10.2 Å². The highest BCUT2D eigenvalue weighted by molar-refractivity contribution is 7.71. The van der Waals surface area contributed by atoms with Gasteiger partial charge in [0.1, 0.15) is 5.51 Å². The van der Waals surface area contributed by atoms with Crippen molar-refractivity contribution in [1.82, 2.24) is 10.2 Å². The van der Waals surface area contributed by atoms with Gasteiger partial charge < -0.3 is 24.9 Å². The topological polar surface area (TPSA) is 153 Å². The average molecular weight is 275 g/mol. The molecule has 5 N–H and O–H groups in total. The van der Waals surface area contributed by atoms with E-state index in [1.165, 1.54) is 5.51 Å². The molecule has 9 nitrogen and oxygen atoms in total. The van der Waals surface area contributed by atoms with Crippen molar-refractivity contribution in [3.8, 4) is 0 Å². The third-order valence-electron chi connectivity index (χ3n) is 1.25. The Hall–Kier alpha value is -0.340. The third kappa shape index (κ3) is 3.62. The van der Waals surface area contributed by atoms with E-state index in [-0.39, 0.29) is 5.13 Å².